The molecule has 0 aliphatic carbocycles. The zero-order valence-electron chi connectivity index (χ0n) is 15.9. The Hall–Kier alpha value is -2.27. The quantitative estimate of drug-likeness (QED) is 0.626. The Kier molecular flexibility index (Phi) is 7.73. The number of nitrogens with one attached hydrogen (secondary N) is 2. The number of anilines is 1. The third-order valence-corrected chi connectivity index (χ3v) is 4.17. The van der Waals surface area contributed by atoms with Gasteiger partial charge in [0.2, 0.25) is 0 Å². The highest BCUT2D eigenvalue weighted by molar-refractivity contribution is 7.80. The third-order valence-electron chi connectivity index (χ3n) is 3.95. The van der Waals surface area contributed by atoms with Gasteiger partial charge in [-0.1, -0.05) is 26.0 Å². The van der Waals surface area contributed by atoms with E-state index in [0.29, 0.717) is 17.6 Å². The highest BCUT2D eigenvalue weighted by Crippen LogP contribution is 2.24. The molecule has 0 aliphatic heterocycles. The van der Waals surface area contributed by atoms with Crippen molar-refractivity contribution in [3.63, 3.8) is 0 Å². The third kappa shape index (κ3) is 6.23. The van der Waals surface area contributed by atoms with Crippen molar-refractivity contribution in [3.05, 3.63) is 54.1 Å². The summed E-state index contributed by atoms with van der Waals surface area (Å²) in [5.74, 6) is 2.25. The highest BCUT2D eigenvalue weighted by atomic mass is 32.1. The van der Waals surface area contributed by atoms with E-state index in [4.69, 9.17) is 21.7 Å². The first kappa shape index (κ1) is 20.0. The molecule has 26 heavy (non-hydrogen) atoms. The largest absolute Gasteiger partial charge is 0.497 e. The molecule has 1 atom stereocenters. The molecule has 2 aromatic carbocycles. The molecule has 0 aliphatic rings. The molecule has 0 amide bonds. The van der Waals surface area contributed by atoms with Gasteiger partial charge in [0.25, 0.3) is 0 Å². The van der Waals surface area contributed by atoms with Crippen molar-refractivity contribution in [2.24, 2.45) is 5.92 Å². The summed E-state index contributed by atoms with van der Waals surface area (Å²) >= 11 is 5.52. The van der Waals surface area contributed by atoms with Gasteiger partial charge in [0.05, 0.1) is 19.8 Å². The normalized spacial score (nSPS) is 11.7. The molecule has 0 heterocycles. The second-order valence-electron chi connectivity index (χ2n) is 6.51. The van der Waals surface area contributed by atoms with Crippen molar-refractivity contribution < 1.29 is 9.47 Å². The zero-order chi connectivity index (χ0) is 18.9. The van der Waals surface area contributed by atoms with Crippen LogP contribution in [-0.2, 0) is 0 Å². The minimum atomic E-state index is 0.142. The first-order valence-electron chi connectivity index (χ1n) is 8.96. The fraction of sp³-hybridized carbons (Fsp3) is 0.381. The lowest BCUT2D eigenvalue weighted by molar-refractivity contribution is 0.340. The maximum Gasteiger partial charge on any atom is 0.171 e. The maximum absolute atomic E-state index is 5.52. The number of benzene rings is 2. The zero-order valence-corrected chi connectivity index (χ0v) is 16.7. The fourth-order valence-corrected chi connectivity index (χ4v) is 2.97. The van der Waals surface area contributed by atoms with Crippen molar-refractivity contribution in [3.8, 4) is 11.5 Å². The minimum Gasteiger partial charge on any atom is -0.497 e. The summed E-state index contributed by atoms with van der Waals surface area (Å²) in [6.07, 6.45) is 0.984. The van der Waals surface area contributed by atoms with Crippen LogP contribution in [0.5, 0.6) is 11.5 Å². The van der Waals surface area contributed by atoms with E-state index in [1.54, 1.807) is 7.11 Å². The van der Waals surface area contributed by atoms with Crippen LogP contribution in [0.25, 0.3) is 0 Å². The van der Waals surface area contributed by atoms with Gasteiger partial charge in [-0.25, -0.2) is 0 Å². The van der Waals surface area contributed by atoms with Crippen molar-refractivity contribution in [2.75, 3.05) is 19.0 Å². The van der Waals surface area contributed by atoms with E-state index in [2.05, 4.69) is 36.6 Å². The standard InChI is InChI=1S/C21H28N2O2S/c1-5-25-19-12-8-17(9-13-19)22-21(26)23-20(14-15(2)3)16-6-10-18(24-4)11-7-16/h6-13,15,20H,5,14H2,1-4H3,(H2,22,23,26)/t20-/m1/s1. The van der Waals surface area contributed by atoms with Crippen molar-refractivity contribution >= 4 is 23.0 Å². The van der Waals surface area contributed by atoms with Gasteiger partial charge in [-0.05, 0) is 73.4 Å². The summed E-state index contributed by atoms with van der Waals surface area (Å²) in [5.41, 5.74) is 2.12. The van der Waals surface area contributed by atoms with Crippen molar-refractivity contribution in [1.82, 2.24) is 5.32 Å². The predicted molar refractivity (Wildman–Crippen MR) is 112 cm³/mol. The fourth-order valence-electron chi connectivity index (χ4n) is 2.71. The molecule has 0 radical (unpaired) electrons. The van der Waals surface area contributed by atoms with E-state index in [1.807, 2.05) is 43.3 Å². The molecule has 140 valence electrons. The Morgan fingerprint density at radius 1 is 1.00 bits per heavy atom. The molecule has 0 saturated carbocycles. The summed E-state index contributed by atoms with van der Waals surface area (Å²) in [6.45, 7) is 7.05. The maximum atomic E-state index is 5.52. The molecule has 0 fully saturated rings. The molecule has 0 aromatic heterocycles. The van der Waals surface area contributed by atoms with Gasteiger partial charge in [0.1, 0.15) is 11.5 Å². The lowest BCUT2D eigenvalue weighted by Gasteiger charge is -2.23. The smallest absolute Gasteiger partial charge is 0.171 e. The van der Waals surface area contributed by atoms with Gasteiger partial charge in [0, 0.05) is 5.69 Å². The van der Waals surface area contributed by atoms with Gasteiger partial charge < -0.3 is 20.1 Å². The van der Waals surface area contributed by atoms with Crippen LogP contribution >= 0.6 is 12.2 Å². The second-order valence-corrected chi connectivity index (χ2v) is 6.92. The van der Waals surface area contributed by atoms with Crippen molar-refractivity contribution in [1.29, 1.82) is 0 Å². The van der Waals surface area contributed by atoms with Crippen LogP contribution in [-0.4, -0.2) is 18.8 Å². The monoisotopic (exact) mass is 372 g/mol. The van der Waals surface area contributed by atoms with Crippen molar-refractivity contribution in [2.45, 2.75) is 33.2 Å². The summed E-state index contributed by atoms with van der Waals surface area (Å²) in [7, 11) is 1.68. The summed E-state index contributed by atoms with van der Waals surface area (Å²) in [5, 5.41) is 7.29. The average Bonchev–Trinajstić information content (AvgIpc) is 2.63. The number of methoxy groups -OCH3 is 1. The van der Waals surface area contributed by atoms with Crippen LogP contribution in [0.3, 0.4) is 0 Å². The molecular formula is C21H28N2O2S. The molecule has 2 rings (SSSR count). The summed E-state index contributed by atoms with van der Waals surface area (Å²) < 4.78 is 10.7. The first-order chi connectivity index (χ1) is 12.5. The van der Waals surface area contributed by atoms with Crippen LogP contribution < -0.4 is 20.1 Å². The van der Waals surface area contributed by atoms with Gasteiger partial charge in [-0.15, -0.1) is 0 Å². The number of ether oxygens (including phenoxy) is 2. The molecule has 5 heteroatoms. The Morgan fingerprint density at radius 3 is 2.15 bits per heavy atom. The van der Waals surface area contributed by atoms with E-state index in [0.717, 1.165) is 23.6 Å². The summed E-state index contributed by atoms with van der Waals surface area (Å²) in [4.78, 5) is 0. The number of hydrogen-bond donors (Lipinski definition) is 2. The average molecular weight is 373 g/mol. The molecule has 4 nitrogen and oxygen atoms in total. The lowest BCUT2D eigenvalue weighted by Crippen LogP contribution is -2.33. The van der Waals surface area contributed by atoms with Crippen LogP contribution in [0.1, 0.15) is 38.8 Å². The van der Waals surface area contributed by atoms with Gasteiger partial charge >= 0.3 is 0 Å². The predicted octanol–water partition coefficient (Wildman–Crippen LogP) is 5.17. The number of hydrogen-bond acceptors (Lipinski definition) is 3. The van der Waals surface area contributed by atoms with Crippen LogP contribution in [0.15, 0.2) is 48.5 Å². The Bertz CT molecular complexity index is 684. The first-order valence-corrected chi connectivity index (χ1v) is 9.37. The minimum absolute atomic E-state index is 0.142. The molecule has 0 bridgehead atoms. The van der Waals surface area contributed by atoms with E-state index in [1.165, 1.54) is 5.56 Å². The van der Waals surface area contributed by atoms with Gasteiger partial charge in [0.15, 0.2) is 5.11 Å². The van der Waals surface area contributed by atoms with Crippen LogP contribution in [0, 0.1) is 5.92 Å². The topological polar surface area (TPSA) is 42.5 Å². The van der Waals surface area contributed by atoms with Gasteiger partial charge in [-0.3, -0.25) is 0 Å². The Labute approximate surface area is 161 Å². The van der Waals surface area contributed by atoms with E-state index in [9.17, 15) is 0 Å². The van der Waals surface area contributed by atoms with Gasteiger partial charge in [-0.2, -0.15) is 0 Å². The van der Waals surface area contributed by atoms with Crippen LogP contribution in [0.2, 0.25) is 0 Å². The molecule has 0 saturated heterocycles. The Morgan fingerprint density at radius 2 is 1.62 bits per heavy atom. The molecule has 2 N–H and O–H groups in total. The molecular weight excluding hydrogens is 344 g/mol. The SMILES string of the molecule is CCOc1ccc(NC(=S)N[C@H](CC(C)C)c2ccc(OC)cc2)cc1. The summed E-state index contributed by atoms with van der Waals surface area (Å²) in [6, 6.07) is 16.1. The van der Waals surface area contributed by atoms with Crippen LogP contribution in [0.4, 0.5) is 5.69 Å². The number of rotatable bonds is 8. The molecule has 0 spiro atoms. The van der Waals surface area contributed by atoms with E-state index < -0.39 is 0 Å². The van der Waals surface area contributed by atoms with E-state index in [-0.39, 0.29) is 6.04 Å². The highest BCUT2D eigenvalue weighted by Gasteiger charge is 2.15. The molecule has 0 unspecified atom stereocenters. The Balaban J connectivity index is 2.02. The lowest BCUT2D eigenvalue weighted by atomic mass is 9.97. The molecule has 2 aromatic rings. The second kappa shape index (κ2) is 10.0. The number of thiocarbonyl (C=S) groups is 1. The van der Waals surface area contributed by atoms with E-state index >= 15 is 0 Å².